The second-order valence-electron chi connectivity index (χ2n) is 4.18. The van der Waals surface area contributed by atoms with Gasteiger partial charge in [0.25, 0.3) is 0 Å². The number of nitrogens with zero attached hydrogens (tertiary/aromatic N) is 2. The van der Waals surface area contributed by atoms with Crippen molar-refractivity contribution in [3.63, 3.8) is 0 Å². The Morgan fingerprint density at radius 3 is 2.94 bits per heavy atom. The van der Waals surface area contributed by atoms with E-state index < -0.39 is 0 Å². The average Bonchev–Trinajstić information content (AvgIpc) is 2.82. The van der Waals surface area contributed by atoms with Crippen LogP contribution < -0.4 is 5.32 Å². The van der Waals surface area contributed by atoms with Gasteiger partial charge in [-0.05, 0) is 38.6 Å². The molecule has 0 amide bonds. The van der Waals surface area contributed by atoms with Crippen LogP contribution in [0.4, 0.5) is 0 Å². The van der Waals surface area contributed by atoms with Crippen molar-refractivity contribution >= 4 is 15.9 Å². The monoisotopic (exact) mass is 309 g/mol. The van der Waals surface area contributed by atoms with Gasteiger partial charge in [-0.3, -0.25) is 0 Å². The second kappa shape index (κ2) is 6.11. The van der Waals surface area contributed by atoms with Gasteiger partial charge in [0.15, 0.2) is 0 Å². The molecule has 2 rings (SSSR count). The summed E-state index contributed by atoms with van der Waals surface area (Å²) in [4.78, 5) is 4.40. The molecule has 18 heavy (non-hydrogen) atoms. The summed E-state index contributed by atoms with van der Waals surface area (Å²) in [5.74, 6) is 1.34. The topological polar surface area (TPSA) is 51.0 Å². The third-order valence-electron chi connectivity index (χ3n) is 2.72. The third kappa shape index (κ3) is 3.17. The van der Waals surface area contributed by atoms with Crippen molar-refractivity contribution in [1.29, 1.82) is 0 Å². The maximum atomic E-state index is 5.23. The SMILES string of the molecule is CNCCCc1nc(-c2ccc(C)c(Br)c2)no1. The summed E-state index contributed by atoms with van der Waals surface area (Å²) in [6, 6.07) is 6.05. The predicted molar refractivity (Wildman–Crippen MR) is 74.4 cm³/mol. The van der Waals surface area contributed by atoms with Crippen molar-refractivity contribution in [3.05, 3.63) is 34.1 Å². The zero-order chi connectivity index (χ0) is 13.0. The van der Waals surface area contributed by atoms with E-state index in [1.807, 2.05) is 32.2 Å². The van der Waals surface area contributed by atoms with Gasteiger partial charge in [-0.25, -0.2) is 0 Å². The molecular formula is C13H16BrN3O. The molecule has 0 unspecified atom stereocenters. The van der Waals surface area contributed by atoms with Crippen LogP contribution in [0.2, 0.25) is 0 Å². The number of benzene rings is 1. The number of aryl methyl sites for hydroxylation is 2. The fourth-order valence-corrected chi connectivity index (χ4v) is 2.00. The molecule has 96 valence electrons. The lowest BCUT2D eigenvalue weighted by Crippen LogP contribution is -2.08. The van der Waals surface area contributed by atoms with Crippen LogP contribution in [-0.4, -0.2) is 23.7 Å². The Morgan fingerprint density at radius 2 is 2.22 bits per heavy atom. The molecule has 0 atom stereocenters. The van der Waals surface area contributed by atoms with Crippen molar-refractivity contribution in [3.8, 4) is 11.4 Å². The largest absolute Gasteiger partial charge is 0.339 e. The lowest BCUT2D eigenvalue weighted by Gasteiger charge is -1.99. The number of hydrogen-bond donors (Lipinski definition) is 1. The lowest BCUT2D eigenvalue weighted by atomic mass is 10.1. The van der Waals surface area contributed by atoms with Gasteiger partial charge < -0.3 is 9.84 Å². The summed E-state index contributed by atoms with van der Waals surface area (Å²) in [7, 11) is 1.93. The molecule has 4 nitrogen and oxygen atoms in total. The highest BCUT2D eigenvalue weighted by Crippen LogP contribution is 2.23. The summed E-state index contributed by atoms with van der Waals surface area (Å²) in [5.41, 5.74) is 2.16. The lowest BCUT2D eigenvalue weighted by molar-refractivity contribution is 0.375. The number of halogens is 1. The molecule has 0 aliphatic carbocycles. The van der Waals surface area contributed by atoms with Crippen molar-refractivity contribution in [1.82, 2.24) is 15.5 Å². The van der Waals surface area contributed by atoms with Crippen LogP contribution in [-0.2, 0) is 6.42 Å². The van der Waals surface area contributed by atoms with Gasteiger partial charge in [0.2, 0.25) is 11.7 Å². The molecule has 0 aliphatic rings. The van der Waals surface area contributed by atoms with E-state index in [1.165, 1.54) is 5.56 Å². The summed E-state index contributed by atoms with van der Waals surface area (Å²) in [5, 5.41) is 7.10. The molecule has 1 heterocycles. The van der Waals surface area contributed by atoms with E-state index in [2.05, 4.69) is 31.4 Å². The Hall–Kier alpha value is -1.20. The normalized spacial score (nSPS) is 10.8. The third-order valence-corrected chi connectivity index (χ3v) is 3.57. The molecular weight excluding hydrogens is 294 g/mol. The first-order chi connectivity index (χ1) is 8.70. The highest BCUT2D eigenvalue weighted by atomic mass is 79.9. The molecule has 1 N–H and O–H groups in total. The van der Waals surface area contributed by atoms with E-state index in [1.54, 1.807) is 0 Å². The Kier molecular flexibility index (Phi) is 4.49. The number of rotatable bonds is 5. The smallest absolute Gasteiger partial charge is 0.227 e. The maximum absolute atomic E-state index is 5.23. The van der Waals surface area contributed by atoms with Crippen LogP contribution >= 0.6 is 15.9 Å². The van der Waals surface area contributed by atoms with Crippen molar-refractivity contribution in [2.45, 2.75) is 19.8 Å². The first-order valence-corrected chi connectivity index (χ1v) is 6.73. The average molecular weight is 310 g/mol. The number of nitrogens with one attached hydrogen (secondary N) is 1. The Morgan fingerprint density at radius 1 is 1.39 bits per heavy atom. The minimum atomic E-state index is 0.648. The maximum Gasteiger partial charge on any atom is 0.227 e. The van der Waals surface area contributed by atoms with Crippen molar-refractivity contribution in [2.75, 3.05) is 13.6 Å². The van der Waals surface area contributed by atoms with E-state index in [0.717, 1.165) is 29.4 Å². The molecule has 0 saturated carbocycles. The van der Waals surface area contributed by atoms with Crippen molar-refractivity contribution < 1.29 is 4.52 Å². The van der Waals surface area contributed by atoms with Crippen molar-refractivity contribution in [2.24, 2.45) is 0 Å². The molecule has 0 aliphatic heterocycles. The predicted octanol–water partition coefficient (Wildman–Crippen LogP) is 2.96. The molecule has 0 bridgehead atoms. The molecule has 5 heteroatoms. The summed E-state index contributed by atoms with van der Waals surface area (Å²) < 4.78 is 6.29. The fraction of sp³-hybridized carbons (Fsp3) is 0.385. The standard InChI is InChI=1S/C13H16BrN3O/c1-9-5-6-10(8-11(9)14)13-16-12(18-17-13)4-3-7-15-2/h5-6,8,15H,3-4,7H2,1-2H3. The van der Waals surface area contributed by atoms with Gasteiger partial charge in [-0.2, -0.15) is 4.98 Å². The molecule has 0 saturated heterocycles. The van der Waals surface area contributed by atoms with Crippen LogP contribution in [0.5, 0.6) is 0 Å². The van der Waals surface area contributed by atoms with E-state index >= 15 is 0 Å². The first-order valence-electron chi connectivity index (χ1n) is 5.94. The fourth-order valence-electron chi connectivity index (χ4n) is 1.62. The highest BCUT2D eigenvalue weighted by molar-refractivity contribution is 9.10. The zero-order valence-corrected chi connectivity index (χ0v) is 12.1. The highest BCUT2D eigenvalue weighted by Gasteiger charge is 2.09. The van der Waals surface area contributed by atoms with Gasteiger partial charge in [-0.15, -0.1) is 0 Å². The molecule has 1 aromatic carbocycles. The second-order valence-corrected chi connectivity index (χ2v) is 5.04. The molecule has 0 fully saturated rings. The molecule has 0 spiro atoms. The van der Waals surface area contributed by atoms with E-state index in [9.17, 15) is 0 Å². The van der Waals surface area contributed by atoms with Gasteiger partial charge in [0.05, 0.1) is 0 Å². The minimum absolute atomic E-state index is 0.648. The molecule has 0 radical (unpaired) electrons. The number of aromatic nitrogens is 2. The van der Waals surface area contributed by atoms with E-state index in [4.69, 9.17) is 4.52 Å². The van der Waals surface area contributed by atoms with Crippen LogP contribution in [0.25, 0.3) is 11.4 Å². The Labute approximate surface area is 115 Å². The summed E-state index contributed by atoms with van der Waals surface area (Å²) in [6.07, 6.45) is 1.80. The Bertz CT molecular complexity index is 525. The van der Waals surface area contributed by atoms with Gasteiger partial charge in [0.1, 0.15) is 0 Å². The minimum Gasteiger partial charge on any atom is -0.339 e. The number of hydrogen-bond acceptors (Lipinski definition) is 4. The zero-order valence-electron chi connectivity index (χ0n) is 10.5. The van der Waals surface area contributed by atoms with Crippen LogP contribution in [0.1, 0.15) is 17.9 Å². The van der Waals surface area contributed by atoms with Crippen LogP contribution in [0, 0.1) is 6.92 Å². The van der Waals surface area contributed by atoms with Crippen LogP contribution in [0.15, 0.2) is 27.2 Å². The summed E-state index contributed by atoms with van der Waals surface area (Å²) in [6.45, 7) is 3.00. The van der Waals surface area contributed by atoms with E-state index in [-0.39, 0.29) is 0 Å². The molecule has 1 aromatic heterocycles. The summed E-state index contributed by atoms with van der Waals surface area (Å²) >= 11 is 3.51. The van der Waals surface area contributed by atoms with Gasteiger partial charge in [0, 0.05) is 16.5 Å². The van der Waals surface area contributed by atoms with E-state index in [0.29, 0.717) is 11.7 Å². The first kappa shape index (κ1) is 13.2. The molecule has 2 aromatic rings. The van der Waals surface area contributed by atoms with Crippen LogP contribution in [0.3, 0.4) is 0 Å². The van der Waals surface area contributed by atoms with Gasteiger partial charge in [-0.1, -0.05) is 33.2 Å². The van der Waals surface area contributed by atoms with Gasteiger partial charge >= 0.3 is 0 Å². The Balaban J connectivity index is 2.11. The quantitative estimate of drug-likeness (QED) is 0.863.